The smallest absolute Gasteiger partial charge is 0.453 e. The van der Waals surface area contributed by atoms with Crippen molar-refractivity contribution in [1.82, 2.24) is 5.32 Å². The van der Waals surface area contributed by atoms with Crippen LogP contribution in [-0.2, 0) is 9.53 Å². The van der Waals surface area contributed by atoms with Crippen molar-refractivity contribution < 1.29 is 31.5 Å². The van der Waals surface area contributed by atoms with Crippen molar-refractivity contribution in [2.75, 3.05) is 13.2 Å². The number of carbonyl (C=O) groups excluding carboxylic acids is 1. The van der Waals surface area contributed by atoms with E-state index in [0.717, 1.165) is 0 Å². The molecule has 0 aromatic heterocycles. The number of carbonyl (C=O) groups is 1. The van der Waals surface area contributed by atoms with Crippen LogP contribution in [0.3, 0.4) is 0 Å². The number of rotatable bonds is 3. The van der Waals surface area contributed by atoms with Gasteiger partial charge in [-0.3, -0.25) is 4.79 Å². The first kappa shape index (κ1) is 14.1. The van der Waals surface area contributed by atoms with Gasteiger partial charge in [0.05, 0.1) is 12.5 Å². The van der Waals surface area contributed by atoms with Crippen LogP contribution in [0, 0.1) is 5.92 Å². The fourth-order valence-corrected chi connectivity index (χ4v) is 1.78. The molecule has 100 valence electrons. The van der Waals surface area contributed by atoms with Gasteiger partial charge in [-0.2, -0.15) is 22.0 Å². The number of nitrogens with one attached hydrogen (secondary N) is 1. The molecule has 1 aliphatic heterocycles. The van der Waals surface area contributed by atoms with Crippen LogP contribution >= 0.6 is 0 Å². The van der Waals surface area contributed by atoms with Gasteiger partial charge in [0.2, 0.25) is 0 Å². The molecule has 0 bridgehead atoms. The highest BCUT2D eigenvalue weighted by Crippen LogP contribution is 2.45. The molecule has 0 unspecified atom stereocenters. The van der Waals surface area contributed by atoms with Crippen molar-refractivity contribution in [3.8, 4) is 0 Å². The molecule has 1 aliphatic rings. The molecule has 1 N–H and O–H groups in total. The summed E-state index contributed by atoms with van der Waals surface area (Å²) in [5.74, 6) is -8.08. The number of halogens is 5. The van der Waals surface area contributed by atoms with Gasteiger partial charge in [-0.15, -0.1) is 0 Å². The van der Waals surface area contributed by atoms with E-state index >= 15 is 0 Å². The third-order valence-corrected chi connectivity index (χ3v) is 2.61. The number of hydrogen-bond donors (Lipinski definition) is 1. The van der Waals surface area contributed by atoms with E-state index in [1.165, 1.54) is 6.92 Å². The fourth-order valence-electron chi connectivity index (χ4n) is 1.78. The zero-order chi connectivity index (χ0) is 13.3. The molecule has 1 fully saturated rings. The maximum Gasteiger partial charge on any atom is 0.453 e. The van der Waals surface area contributed by atoms with Crippen molar-refractivity contribution in [2.24, 2.45) is 5.92 Å². The number of ether oxygens (including phenoxy) is 1. The Hall–Kier alpha value is -0.920. The lowest BCUT2D eigenvalue weighted by molar-refractivity contribution is -0.303. The minimum Gasteiger partial charge on any atom is -0.465 e. The van der Waals surface area contributed by atoms with Gasteiger partial charge in [-0.05, 0) is 19.9 Å². The largest absolute Gasteiger partial charge is 0.465 e. The van der Waals surface area contributed by atoms with Gasteiger partial charge in [0.25, 0.3) is 0 Å². The molecule has 1 saturated heterocycles. The molecular formula is C9H12F5NO2. The van der Waals surface area contributed by atoms with Crippen LogP contribution in [0.2, 0.25) is 0 Å². The molecule has 8 heteroatoms. The molecule has 1 heterocycles. The van der Waals surface area contributed by atoms with Crippen molar-refractivity contribution in [3.63, 3.8) is 0 Å². The lowest BCUT2D eigenvalue weighted by atomic mass is 9.93. The summed E-state index contributed by atoms with van der Waals surface area (Å²) >= 11 is 0. The highest BCUT2D eigenvalue weighted by atomic mass is 19.4. The van der Waals surface area contributed by atoms with Crippen LogP contribution in [0.5, 0.6) is 0 Å². The summed E-state index contributed by atoms with van der Waals surface area (Å²) in [5, 5.41) is 2.31. The lowest BCUT2D eigenvalue weighted by Crippen LogP contribution is -2.51. The summed E-state index contributed by atoms with van der Waals surface area (Å²) in [6.07, 6.45) is -6.08. The number of esters is 1. The number of alkyl halides is 5. The Morgan fingerprint density at radius 3 is 2.41 bits per heavy atom. The molecule has 1 rings (SSSR count). The predicted octanol–water partition coefficient (Wildman–Crippen LogP) is 1.73. The molecule has 0 saturated carbocycles. The van der Waals surface area contributed by atoms with Crippen LogP contribution in [0.4, 0.5) is 22.0 Å². The van der Waals surface area contributed by atoms with Gasteiger partial charge < -0.3 is 10.1 Å². The topological polar surface area (TPSA) is 38.3 Å². The minimum absolute atomic E-state index is 0.0681. The molecule has 0 aromatic carbocycles. The van der Waals surface area contributed by atoms with E-state index in [4.69, 9.17) is 0 Å². The van der Waals surface area contributed by atoms with E-state index in [-0.39, 0.29) is 13.2 Å². The third kappa shape index (κ3) is 2.67. The summed E-state index contributed by atoms with van der Waals surface area (Å²) in [7, 11) is 0. The highest BCUT2D eigenvalue weighted by Gasteiger charge is 2.65. The van der Waals surface area contributed by atoms with Crippen molar-refractivity contribution >= 4 is 5.97 Å². The average Bonchev–Trinajstić information content (AvgIpc) is 2.64. The third-order valence-electron chi connectivity index (χ3n) is 2.61. The van der Waals surface area contributed by atoms with Gasteiger partial charge in [0.1, 0.15) is 6.04 Å². The second kappa shape index (κ2) is 4.75. The normalized spacial score (nSPS) is 26.0. The molecule has 0 radical (unpaired) electrons. The maximum absolute atomic E-state index is 13.1. The Morgan fingerprint density at radius 1 is 1.35 bits per heavy atom. The van der Waals surface area contributed by atoms with E-state index in [0.29, 0.717) is 0 Å². The van der Waals surface area contributed by atoms with E-state index in [1.54, 1.807) is 0 Å². The van der Waals surface area contributed by atoms with Gasteiger partial charge in [-0.25, -0.2) is 0 Å². The lowest BCUT2D eigenvalue weighted by Gasteiger charge is -2.28. The molecule has 3 nitrogen and oxygen atoms in total. The zero-order valence-electron chi connectivity index (χ0n) is 8.98. The van der Waals surface area contributed by atoms with Crippen molar-refractivity contribution in [1.29, 1.82) is 0 Å². The second-order valence-corrected chi connectivity index (χ2v) is 3.70. The first-order valence-electron chi connectivity index (χ1n) is 5.06. The van der Waals surface area contributed by atoms with E-state index in [2.05, 4.69) is 10.1 Å². The zero-order valence-corrected chi connectivity index (χ0v) is 8.98. The van der Waals surface area contributed by atoms with Gasteiger partial charge >= 0.3 is 18.1 Å². The monoisotopic (exact) mass is 261 g/mol. The Morgan fingerprint density at radius 2 is 1.94 bits per heavy atom. The number of hydrogen-bond acceptors (Lipinski definition) is 3. The summed E-state index contributed by atoms with van der Waals surface area (Å²) in [4.78, 5) is 11.2. The Kier molecular flexibility index (Phi) is 3.95. The summed E-state index contributed by atoms with van der Waals surface area (Å²) in [6, 6.07) is -1.61. The maximum atomic E-state index is 13.1. The molecule has 0 aliphatic carbocycles. The Labute approximate surface area is 94.3 Å². The standard InChI is InChI=1S/C9H12F5NO2/c1-2-17-7(16)6-5(3-4-15-6)8(10,11)9(12,13)14/h5-6,15H,2-4H2,1H3/t5-,6-/m1/s1. The second-order valence-electron chi connectivity index (χ2n) is 3.70. The van der Waals surface area contributed by atoms with Gasteiger partial charge in [0.15, 0.2) is 0 Å². The average molecular weight is 261 g/mol. The minimum atomic E-state index is -5.66. The van der Waals surface area contributed by atoms with Crippen LogP contribution < -0.4 is 5.32 Å². The van der Waals surface area contributed by atoms with E-state index in [9.17, 15) is 26.7 Å². The molecule has 0 amide bonds. The molecule has 17 heavy (non-hydrogen) atoms. The first-order chi connectivity index (χ1) is 7.71. The molecule has 0 aromatic rings. The first-order valence-corrected chi connectivity index (χ1v) is 5.06. The fraction of sp³-hybridized carbons (Fsp3) is 0.889. The van der Waals surface area contributed by atoms with E-state index < -0.39 is 36.4 Å². The molecular weight excluding hydrogens is 249 g/mol. The van der Waals surface area contributed by atoms with Crippen molar-refractivity contribution in [3.05, 3.63) is 0 Å². The Balaban J connectivity index is 2.86. The van der Waals surface area contributed by atoms with Crippen LogP contribution in [-0.4, -0.2) is 37.3 Å². The highest BCUT2D eigenvalue weighted by molar-refractivity contribution is 5.76. The van der Waals surface area contributed by atoms with Crippen LogP contribution in [0.1, 0.15) is 13.3 Å². The Bertz CT molecular complexity index is 292. The van der Waals surface area contributed by atoms with Crippen molar-refractivity contribution in [2.45, 2.75) is 31.5 Å². The summed E-state index contributed by atoms with van der Waals surface area (Å²) in [5.41, 5.74) is 0. The van der Waals surface area contributed by atoms with Gasteiger partial charge in [-0.1, -0.05) is 0 Å². The molecule has 2 atom stereocenters. The summed E-state index contributed by atoms with van der Waals surface area (Å²) < 4.78 is 67.2. The van der Waals surface area contributed by atoms with Crippen LogP contribution in [0.25, 0.3) is 0 Å². The quantitative estimate of drug-likeness (QED) is 0.621. The SMILES string of the molecule is CCOC(=O)[C@@H]1NCC[C@H]1C(F)(F)C(F)(F)F. The van der Waals surface area contributed by atoms with Crippen LogP contribution in [0.15, 0.2) is 0 Å². The molecule has 0 spiro atoms. The van der Waals surface area contributed by atoms with Gasteiger partial charge in [0, 0.05) is 0 Å². The predicted molar refractivity (Wildman–Crippen MR) is 47.5 cm³/mol. The summed E-state index contributed by atoms with van der Waals surface area (Å²) in [6.45, 7) is 1.31. The van der Waals surface area contributed by atoms with E-state index in [1.807, 2.05) is 0 Å².